The molecule has 4 atom stereocenters. The Kier molecular flexibility index (Phi) is 9.55. The Morgan fingerprint density at radius 1 is 0.698 bits per heavy atom. The Morgan fingerprint density at radius 2 is 1.21 bits per heavy atom. The molecule has 43 heavy (non-hydrogen) atoms. The van der Waals surface area contributed by atoms with Crippen molar-refractivity contribution in [2.75, 3.05) is 13.2 Å². The van der Waals surface area contributed by atoms with E-state index in [0.717, 1.165) is 11.3 Å². The molecule has 4 aromatic rings. The zero-order chi connectivity index (χ0) is 30.2. The molecular weight excluding hydrogens is 574 g/mol. The Labute approximate surface area is 251 Å². The van der Waals surface area contributed by atoms with Gasteiger partial charge in [0.2, 0.25) is 0 Å². The van der Waals surface area contributed by atoms with E-state index >= 15 is 0 Å². The van der Waals surface area contributed by atoms with E-state index in [-0.39, 0.29) is 35.0 Å². The van der Waals surface area contributed by atoms with Crippen molar-refractivity contribution in [2.45, 2.75) is 31.3 Å². The van der Waals surface area contributed by atoms with Gasteiger partial charge in [-0.1, -0.05) is 54.6 Å². The summed E-state index contributed by atoms with van der Waals surface area (Å²) >= 11 is 1.09. The van der Waals surface area contributed by atoms with Gasteiger partial charge in [0, 0.05) is 5.38 Å². The lowest BCUT2D eigenvalue weighted by Gasteiger charge is -2.24. The number of carbonyl (C=O) groups excluding carboxylic acids is 4. The van der Waals surface area contributed by atoms with Gasteiger partial charge >= 0.3 is 23.9 Å². The van der Waals surface area contributed by atoms with Crippen molar-refractivity contribution in [2.24, 2.45) is 0 Å². The predicted octanol–water partition coefficient (Wildman–Crippen LogP) is 5.07. The Morgan fingerprint density at radius 3 is 1.74 bits per heavy atom. The number of aromatic nitrogens is 1. The van der Waals surface area contributed by atoms with Crippen molar-refractivity contribution in [3.63, 3.8) is 0 Å². The van der Waals surface area contributed by atoms with E-state index in [1.54, 1.807) is 97.9 Å². The SMILES string of the molecule is CCOC(=O)c1csc([C@H]2O[C@@H](COC(=O)c3ccccc3)[C@H](OC(=O)c3ccccc3)[C@@H]2OC(=O)c2ccccc2)n1. The van der Waals surface area contributed by atoms with E-state index in [0.29, 0.717) is 5.56 Å². The van der Waals surface area contributed by atoms with Crippen LogP contribution in [0.1, 0.15) is 59.6 Å². The minimum Gasteiger partial charge on any atom is -0.461 e. The molecule has 220 valence electrons. The lowest BCUT2D eigenvalue weighted by molar-refractivity contribution is -0.0450. The number of rotatable bonds is 10. The summed E-state index contributed by atoms with van der Waals surface area (Å²) in [5, 5.41) is 1.78. The molecule has 2 heterocycles. The molecule has 0 unspecified atom stereocenters. The maximum atomic E-state index is 13.2. The van der Waals surface area contributed by atoms with Gasteiger partial charge in [-0.3, -0.25) is 0 Å². The molecule has 11 heteroatoms. The Balaban J connectivity index is 1.47. The summed E-state index contributed by atoms with van der Waals surface area (Å²) in [5.74, 6) is -2.62. The summed E-state index contributed by atoms with van der Waals surface area (Å²) in [6.45, 7) is 1.51. The maximum Gasteiger partial charge on any atom is 0.357 e. The molecule has 0 radical (unpaired) electrons. The molecule has 1 aliphatic heterocycles. The standard InChI is InChI=1S/C32H27NO9S/c1-2-38-32(37)23-19-43-28(33-23)27-26(42-31(36)22-16-10-5-11-17-22)25(41-30(35)21-14-8-4-9-15-21)24(40-27)18-39-29(34)20-12-6-3-7-13-20/h3-17,19,24-27H,2,18H2,1H3/t24-,25-,26-,27-/m0/s1. The molecule has 0 amide bonds. The van der Waals surface area contributed by atoms with Crippen molar-refractivity contribution in [3.8, 4) is 0 Å². The first-order chi connectivity index (χ1) is 20.9. The fourth-order valence-electron chi connectivity index (χ4n) is 4.40. The van der Waals surface area contributed by atoms with Gasteiger partial charge in [0.25, 0.3) is 0 Å². The van der Waals surface area contributed by atoms with Gasteiger partial charge < -0.3 is 23.7 Å². The van der Waals surface area contributed by atoms with Crippen LogP contribution < -0.4 is 0 Å². The third kappa shape index (κ3) is 7.14. The summed E-state index contributed by atoms with van der Waals surface area (Å²) in [5.41, 5.74) is 0.897. The van der Waals surface area contributed by atoms with Crippen LogP contribution in [0.2, 0.25) is 0 Å². The predicted molar refractivity (Wildman–Crippen MR) is 154 cm³/mol. The molecule has 10 nitrogen and oxygen atoms in total. The van der Waals surface area contributed by atoms with Crippen molar-refractivity contribution in [1.29, 1.82) is 0 Å². The first-order valence-corrected chi connectivity index (χ1v) is 14.3. The quantitative estimate of drug-likeness (QED) is 0.180. The molecule has 1 aromatic heterocycles. The van der Waals surface area contributed by atoms with Crippen molar-refractivity contribution >= 4 is 35.2 Å². The molecule has 0 bridgehead atoms. The van der Waals surface area contributed by atoms with Crippen LogP contribution in [-0.4, -0.2) is 60.4 Å². The smallest absolute Gasteiger partial charge is 0.357 e. The summed E-state index contributed by atoms with van der Waals surface area (Å²) in [4.78, 5) is 55.9. The largest absolute Gasteiger partial charge is 0.461 e. The van der Waals surface area contributed by atoms with Crippen LogP contribution in [0.3, 0.4) is 0 Å². The van der Waals surface area contributed by atoms with Crippen LogP contribution in [-0.2, 0) is 23.7 Å². The number of nitrogens with zero attached hydrogens (tertiary/aromatic N) is 1. The van der Waals surface area contributed by atoms with E-state index in [9.17, 15) is 19.2 Å². The van der Waals surface area contributed by atoms with Gasteiger partial charge in [-0.25, -0.2) is 24.2 Å². The molecule has 0 N–H and O–H groups in total. The van der Waals surface area contributed by atoms with E-state index in [4.69, 9.17) is 23.7 Å². The van der Waals surface area contributed by atoms with Gasteiger partial charge in [0.15, 0.2) is 24.0 Å². The number of hydrogen-bond donors (Lipinski definition) is 0. The van der Waals surface area contributed by atoms with Crippen LogP contribution >= 0.6 is 11.3 Å². The number of esters is 4. The molecule has 0 spiro atoms. The van der Waals surface area contributed by atoms with Gasteiger partial charge in [0.1, 0.15) is 17.7 Å². The number of ether oxygens (including phenoxy) is 5. The van der Waals surface area contributed by atoms with Crippen LogP contribution in [0.25, 0.3) is 0 Å². The Bertz CT molecular complexity index is 1560. The number of hydrogen-bond acceptors (Lipinski definition) is 11. The molecule has 1 aliphatic rings. The normalized spacial score (nSPS) is 19.3. The maximum absolute atomic E-state index is 13.2. The summed E-state index contributed by atoms with van der Waals surface area (Å²) in [7, 11) is 0. The first kappa shape index (κ1) is 29.6. The first-order valence-electron chi connectivity index (χ1n) is 13.5. The van der Waals surface area contributed by atoms with E-state index < -0.39 is 48.3 Å². The Hall–Kier alpha value is -4.87. The minimum absolute atomic E-state index is 0.0513. The lowest BCUT2D eigenvalue weighted by Crippen LogP contribution is -2.40. The fourth-order valence-corrected chi connectivity index (χ4v) is 5.25. The second kappa shape index (κ2) is 13.9. The van der Waals surface area contributed by atoms with Gasteiger partial charge in [-0.2, -0.15) is 0 Å². The third-order valence-corrected chi connectivity index (χ3v) is 7.36. The minimum atomic E-state index is -1.21. The van der Waals surface area contributed by atoms with Gasteiger partial charge in [-0.15, -0.1) is 11.3 Å². The second-order valence-corrected chi connectivity index (χ2v) is 10.2. The van der Waals surface area contributed by atoms with Crippen LogP contribution in [0, 0.1) is 0 Å². The van der Waals surface area contributed by atoms with E-state index in [1.165, 1.54) is 5.38 Å². The zero-order valence-corrected chi connectivity index (χ0v) is 23.8. The number of carbonyl (C=O) groups is 4. The second-order valence-electron chi connectivity index (χ2n) is 9.32. The molecular formula is C32H27NO9S. The number of thiazole rings is 1. The summed E-state index contributed by atoms with van der Waals surface area (Å²) in [6, 6.07) is 24.9. The third-order valence-electron chi connectivity index (χ3n) is 6.45. The van der Waals surface area contributed by atoms with Crippen molar-refractivity contribution in [1.82, 2.24) is 4.98 Å². The zero-order valence-electron chi connectivity index (χ0n) is 23.0. The average Bonchev–Trinajstić information content (AvgIpc) is 3.66. The van der Waals surface area contributed by atoms with E-state index in [2.05, 4.69) is 4.98 Å². The molecule has 3 aromatic carbocycles. The van der Waals surface area contributed by atoms with Crippen LogP contribution in [0.15, 0.2) is 96.4 Å². The molecule has 1 saturated heterocycles. The van der Waals surface area contributed by atoms with Gasteiger partial charge in [-0.05, 0) is 43.3 Å². The lowest BCUT2D eigenvalue weighted by atomic mass is 10.1. The monoisotopic (exact) mass is 601 g/mol. The summed E-state index contributed by atoms with van der Waals surface area (Å²) < 4.78 is 28.7. The molecule has 1 fully saturated rings. The number of benzene rings is 3. The van der Waals surface area contributed by atoms with E-state index in [1.807, 2.05) is 0 Å². The average molecular weight is 602 g/mol. The topological polar surface area (TPSA) is 127 Å². The highest BCUT2D eigenvalue weighted by Gasteiger charge is 2.52. The van der Waals surface area contributed by atoms with Crippen LogP contribution in [0.4, 0.5) is 0 Å². The van der Waals surface area contributed by atoms with Crippen molar-refractivity contribution < 1.29 is 42.9 Å². The molecule has 5 rings (SSSR count). The fraction of sp³-hybridized carbons (Fsp3) is 0.219. The van der Waals surface area contributed by atoms with Crippen LogP contribution in [0.5, 0.6) is 0 Å². The van der Waals surface area contributed by atoms with Crippen molar-refractivity contribution in [3.05, 3.63) is 124 Å². The highest BCUT2D eigenvalue weighted by molar-refractivity contribution is 7.09. The van der Waals surface area contributed by atoms with Gasteiger partial charge in [0.05, 0.1) is 23.3 Å². The molecule has 0 saturated carbocycles. The highest BCUT2D eigenvalue weighted by Crippen LogP contribution is 2.39. The highest BCUT2D eigenvalue weighted by atomic mass is 32.1. The summed E-state index contributed by atoms with van der Waals surface area (Å²) in [6.07, 6.45) is -4.52. The molecule has 0 aliphatic carbocycles.